The summed E-state index contributed by atoms with van der Waals surface area (Å²) in [4.78, 5) is 3.36. The minimum absolute atomic E-state index is 0.199. The van der Waals surface area contributed by atoms with Gasteiger partial charge in [0.25, 0.3) is 0 Å². The second-order valence-corrected chi connectivity index (χ2v) is 4.26. The Morgan fingerprint density at radius 1 is 1.33 bits per heavy atom. The molecule has 1 aromatic heterocycles. The summed E-state index contributed by atoms with van der Waals surface area (Å²) < 4.78 is 0. The lowest BCUT2D eigenvalue weighted by atomic mass is 10.0. The van der Waals surface area contributed by atoms with Crippen LogP contribution in [-0.4, -0.2) is 16.7 Å². The molecule has 0 spiro atoms. The molecule has 1 unspecified atom stereocenters. The van der Waals surface area contributed by atoms with Crippen LogP contribution in [0.25, 0.3) is 10.9 Å². The fourth-order valence-corrected chi connectivity index (χ4v) is 1.90. The standard InChI is InChI=1S/C13H17NO/c1-8(7-15)11-4-5-12-9(2)10(3)14-13(12)6-11/h4-6,8,14-15H,7H2,1-3H3. The van der Waals surface area contributed by atoms with Gasteiger partial charge < -0.3 is 10.1 Å². The Labute approximate surface area is 89.9 Å². The van der Waals surface area contributed by atoms with Crippen LogP contribution in [0.3, 0.4) is 0 Å². The molecule has 2 aromatic rings. The zero-order valence-corrected chi connectivity index (χ0v) is 9.46. The molecule has 0 saturated carbocycles. The Bertz CT molecular complexity index is 484. The summed E-state index contributed by atoms with van der Waals surface area (Å²) in [5.41, 5.74) is 4.89. The zero-order chi connectivity index (χ0) is 11.0. The third kappa shape index (κ3) is 1.65. The number of aromatic nitrogens is 1. The molecular formula is C13H17NO. The van der Waals surface area contributed by atoms with Crippen molar-refractivity contribution < 1.29 is 5.11 Å². The molecule has 0 bridgehead atoms. The smallest absolute Gasteiger partial charge is 0.0497 e. The van der Waals surface area contributed by atoms with Gasteiger partial charge in [0.15, 0.2) is 0 Å². The highest BCUT2D eigenvalue weighted by molar-refractivity contribution is 5.85. The number of rotatable bonds is 2. The fourth-order valence-electron chi connectivity index (χ4n) is 1.90. The molecule has 2 nitrogen and oxygen atoms in total. The first kappa shape index (κ1) is 10.2. The van der Waals surface area contributed by atoms with Crippen molar-refractivity contribution in [1.82, 2.24) is 4.98 Å². The number of hydrogen-bond acceptors (Lipinski definition) is 1. The Balaban J connectivity index is 2.57. The van der Waals surface area contributed by atoms with Crippen LogP contribution >= 0.6 is 0 Å². The third-order valence-electron chi connectivity index (χ3n) is 3.18. The molecule has 0 radical (unpaired) electrons. The van der Waals surface area contributed by atoms with Crippen LogP contribution in [0.2, 0.25) is 0 Å². The lowest BCUT2D eigenvalue weighted by Gasteiger charge is -2.07. The van der Waals surface area contributed by atoms with Crippen LogP contribution in [0.15, 0.2) is 18.2 Å². The third-order valence-corrected chi connectivity index (χ3v) is 3.18. The van der Waals surface area contributed by atoms with E-state index in [9.17, 15) is 0 Å². The minimum Gasteiger partial charge on any atom is -0.396 e. The van der Waals surface area contributed by atoms with Crippen molar-refractivity contribution >= 4 is 10.9 Å². The van der Waals surface area contributed by atoms with E-state index >= 15 is 0 Å². The van der Waals surface area contributed by atoms with Crippen LogP contribution in [0, 0.1) is 13.8 Å². The normalized spacial score (nSPS) is 13.3. The lowest BCUT2D eigenvalue weighted by molar-refractivity contribution is 0.273. The van der Waals surface area contributed by atoms with Crippen molar-refractivity contribution in [1.29, 1.82) is 0 Å². The Morgan fingerprint density at radius 3 is 2.73 bits per heavy atom. The van der Waals surface area contributed by atoms with Crippen LogP contribution in [0.4, 0.5) is 0 Å². The van der Waals surface area contributed by atoms with Crippen LogP contribution in [-0.2, 0) is 0 Å². The van der Waals surface area contributed by atoms with E-state index in [-0.39, 0.29) is 12.5 Å². The van der Waals surface area contributed by atoms with Crippen LogP contribution in [0.1, 0.15) is 29.7 Å². The first-order chi connectivity index (χ1) is 7.13. The number of aliphatic hydroxyl groups excluding tert-OH is 1. The summed E-state index contributed by atoms with van der Waals surface area (Å²) in [6.07, 6.45) is 0. The molecule has 0 aliphatic carbocycles. The summed E-state index contributed by atoms with van der Waals surface area (Å²) in [5, 5.41) is 10.4. The number of benzene rings is 1. The predicted molar refractivity (Wildman–Crippen MR) is 63.3 cm³/mol. The number of H-pyrrole nitrogens is 1. The maximum absolute atomic E-state index is 9.11. The Hall–Kier alpha value is -1.28. The fraction of sp³-hybridized carbons (Fsp3) is 0.385. The highest BCUT2D eigenvalue weighted by Crippen LogP contribution is 2.25. The monoisotopic (exact) mass is 203 g/mol. The van der Waals surface area contributed by atoms with E-state index in [2.05, 4.69) is 37.0 Å². The number of fused-ring (bicyclic) bond motifs is 1. The molecular weight excluding hydrogens is 186 g/mol. The number of aryl methyl sites for hydroxylation is 2. The van der Waals surface area contributed by atoms with Crippen molar-refractivity contribution in [3.05, 3.63) is 35.0 Å². The largest absolute Gasteiger partial charge is 0.396 e. The van der Waals surface area contributed by atoms with E-state index in [1.807, 2.05) is 6.92 Å². The average Bonchev–Trinajstić information content (AvgIpc) is 2.53. The summed E-state index contributed by atoms with van der Waals surface area (Å²) in [6.45, 7) is 6.45. The van der Waals surface area contributed by atoms with Crippen molar-refractivity contribution in [3.8, 4) is 0 Å². The summed E-state index contributed by atoms with van der Waals surface area (Å²) in [6, 6.07) is 6.37. The molecule has 2 rings (SSSR count). The van der Waals surface area contributed by atoms with Gasteiger partial charge in [0.1, 0.15) is 0 Å². The van der Waals surface area contributed by atoms with E-state index in [4.69, 9.17) is 5.11 Å². The average molecular weight is 203 g/mol. The maximum atomic E-state index is 9.11. The molecule has 2 N–H and O–H groups in total. The molecule has 0 fully saturated rings. The molecule has 1 heterocycles. The summed E-state index contributed by atoms with van der Waals surface area (Å²) in [7, 11) is 0. The molecule has 0 amide bonds. The first-order valence-corrected chi connectivity index (χ1v) is 5.33. The van der Waals surface area contributed by atoms with Gasteiger partial charge in [-0.1, -0.05) is 19.1 Å². The quantitative estimate of drug-likeness (QED) is 0.773. The van der Waals surface area contributed by atoms with Crippen molar-refractivity contribution in [2.75, 3.05) is 6.61 Å². The minimum atomic E-state index is 0.199. The highest BCUT2D eigenvalue weighted by atomic mass is 16.3. The van der Waals surface area contributed by atoms with E-state index in [0.29, 0.717) is 0 Å². The van der Waals surface area contributed by atoms with Gasteiger partial charge in [0.05, 0.1) is 0 Å². The highest BCUT2D eigenvalue weighted by Gasteiger charge is 2.08. The van der Waals surface area contributed by atoms with Gasteiger partial charge in [0, 0.05) is 29.1 Å². The van der Waals surface area contributed by atoms with Gasteiger partial charge in [-0.15, -0.1) is 0 Å². The van der Waals surface area contributed by atoms with Gasteiger partial charge >= 0.3 is 0 Å². The van der Waals surface area contributed by atoms with Gasteiger partial charge in [-0.05, 0) is 31.0 Å². The van der Waals surface area contributed by atoms with Crippen molar-refractivity contribution in [2.45, 2.75) is 26.7 Å². The number of nitrogens with one attached hydrogen (secondary N) is 1. The Kier molecular flexibility index (Phi) is 2.53. The molecule has 0 saturated heterocycles. The first-order valence-electron chi connectivity index (χ1n) is 5.33. The molecule has 1 atom stereocenters. The van der Waals surface area contributed by atoms with E-state index in [1.54, 1.807) is 0 Å². The van der Waals surface area contributed by atoms with Crippen molar-refractivity contribution in [3.63, 3.8) is 0 Å². The van der Waals surface area contributed by atoms with E-state index in [1.165, 1.54) is 27.7 Å². The second kappa shape index (κ2) is 3.70. The van der Waals surface area contributed by atoms with Gasteiger partial charge in [-0.2, -0.15) is 0 Å². The molecule has 15 heavy (non-hydrogen) atoms. The predicted octanol–water partition coefficient (Wildman–Crippen LogP) is 2.88. The summed E-state index contributed by atoms with van der Waals surface area (Å²) >= 11 is 0. The number of hydrogen-bond donors (Lipinski definition) is 2. The molecule has 80 valence electrons. The van der Waals surface area contributed by atoms with E-state index < -0.39 is 0 Å². The number of aromatic amines is 1. The molecule has 1 aromatic carbocycles. The number of aliphatic hydroxyl groups is 1. The van der Waals surface area contributed by atoms with Crippen molar-refractivity contribution in [2.24, 2.45) is 0 Å². The molecule has 0 aliphatic heterocycles. The maximum Gasteiger partial charge on any atom is 0.0497 e. The SMILES string of the molecule is Cc1[nH]c2cc(C(C)CO)ccc2c1C. The lowest BCUT2D eigenvalue weighted by Crippen LogP contribution is -1.98. The van der Waals surface area contributed by atoms with Crippen LogP contribution in [0.5, 0.6) is 0 Å². The molecule has 2 heteroatoms. The zero-order valence-electron chi connectivity index (χ0n) is 9.46. The van der Waals surface area contributed by atoms with Gasteiger partial charge in [0.2, 0.25) is 0 Å². The molecule has 0 aliphatic rings. The van der Waals surface area contributed by atoms with E-state index in [0.717, 1.165) is 0 Å². The van der Waals surface area contributed by atoms with Gasteiger partial charge in [-0.3, -0.25) is 0 Å². The Morgan fingerprint density at radius 2 is 2.07 bits per heavy atom. The summed E-state index contributed by atoms with van der Waals surface area (Å²) in [5.74, 6) is 0.207. The topological polar surface area (TPSA) is 36.0 Å². The van der Waals surface area contributed by atoms with Gasteiger partial charge in [-0.25, -0.2) is 0 Å². The van der Waals surface area contributed by atoms with Crippen LogP contribution < -0.4 is 0 Å². The second-order valence-electron chi connectivity index (χ2n) is 4.26.